The van der Waals surface area contributed by atoms with Crippen LogP contribution in [0, 0.1) is 5.92 Å². The average molecular weight is 322 g/mol. The Morgan fingerprint density at radius 3 is 2.96 bits per heavy atom. The summed E-state index contributed by atoms with van der Waals surface area (Å²) in [6, 6.07) is 14.7. The molecule has 1 aromatic heterocycles. The minimum absolute atomic E-state index is 0.149. The molecule has 1 aliphatic heterocycles. The number of amides is 1. The smallest absolute Gasteiger partial charge is 0.309 e. The van der Waals surface area contributed by atoms with Crippen molar-refractivity contribution in [3.05, 3.63) is 60.0 Å². The van der Waals surface area contributed by atoms with E-state index in [9.17, 15) is 9.90 Å². The Morgan fingerprint density at radius 1 is 1.25 bits per heavy atom. The van der Waals surface area contributed by atoms with Gasteiger partial charge >= 0.3 is 5.91 Å². The molecule has 3 aromatic rings. The van der Waals surface area contributed by atoms with Crippen molar-refractivity contribution in [3.63, 3.8) is 0 Å². The summed E-state index contributed by atoms with van der Waals surface area (Å²) in [5.74, 6) is 0.684. The molecule has 122 valence electrons. The number of oxazole rings is 1. The van der Waals surface area contributed by atoms with Gasteiger partial charge in [-0.3, -0.25) is 4.79 Å². The lowest BCUT2D eigenvalue weighted by Crippen LogP contribution is -2.29. The molecule has 24 heavy (non-hydrogen) atoms. The lowest BCUT2D eigenvalue weighted by Gasteiger charge is -2.14. The first kappa shape index (κ1) is 14.8. The number of likely N-dealkylation sites (tertiary alicyclic amines) is 1. The van der Waals surface area contributed by atoms with Gasteiger partial charge in [0.2, 0.25) is 0 Å². The summed E-state index contributed by atoms with van der Waals surface area (Å²) in [5.41, 5.74) is 2.43. The fourth-order valence-electron chi connectivity index (χ4n) is 3.30. The number of fused-ring (bicyclic) bond motifs is 1. The van der Waals surface area contributed by atoms with Crippen LogP contribution in [-0.4, -0.2) is 34.0 Å². The van der Waals surface area contributed by atoms with Crippen LogP contribution < -0.4 is 0 Å². The van der Waals surface area contributed by atoms with Gasteiger partial charge in [0, 0.05) is 13.1 Å². The highest BCUT2D eigenvalue weighted by atomic mass is 16.4. The summed E-state index contributed by atoms with van der Waals surface area (Å²) in [5, 5.41) is 9.56. The van der Waals surface area contributed by atoms with E-state index in [-0.39, 0.29) is 17.5 Å². The third-order valence-electron chi connectivity index (χ3n) is 4.48. The Kier molecular flexibility index (Phi) is 3.69. The lowest BCUT2D eigenvalue weighted by molar-refractivity contribution is 0.0750. The van der Waals surface area contributed by atoms with Gasteiger partial charge in [-0.15, -0.1) is 0 Å². The summed E-state index contributed by atoms with van der Waals surface area (Å²) in [7, 11) is 0. The van der Waals surface area contributed by atoms with Crippen molar-refractivity contribution in [3.8, 4) is 5.75 Å². The summed E-state index contributed by atoms with van der Waals surface area (Å²) >= 11 is 0. The van der Waals surface area contributed by atoms with Gasteiger partial charge in [-0.2, -0.15) is 0 Å². The number of carbonyl (C=O) groups excluding carboxylic acids is 1. The van der Waals surface area contributed by atoms with E-state index in [1.165, 1.54) is 0 Å². The molecule has 4 rings (SSSR count). The molecular formula is C19H18N2O3. The number of aromatic nitrogens is 1. The standard InChI is InChI=1S/C19H18N2O3/c22-15-5-3-4-13(11-15)10-14-8-9-21(12-14)19(23)18-20-16-6-1-2-7-17(16)24-18/h1-7,11,14,22H,8-10,12H2. The fourth-order valence-corrected chi connectivity index (χ4v) is 3.30. The van der Waals surface area contributed by atoms with E-state index < -0.39 is 0 Å². The molecule has 1 N–H and O–H groups in total. The second-order valence-corrected chi connectivity index (χ2v) is 6.27. The zero-order chi connectivity index (χ0) is 16.5. The molecule has 1 fully saturated rings. The Morgan fingerprint density at radius 2 is 2.12 bits per heavy atom. The molecule has 5 heteroatoms. The van der Waals surface area contributed by atoms with E-state index in [4.69, 9.17) is 4.42 Å². The molecule has 2 heterocycles. The first-order valence-electron chi connectivity index (χ1n) is 8.12. The maximum absolute atomic E-state index is 12.6. The van der Waals surface area contributed by atoms with Crippen molar-refractivity contribution < 1.29 is 14.3 Å². The molecule has 0 bridgehead atoms. The summed E-state index contributed by atoms with van der Waals surface area (Å²) in [6.45, 7) is 1.40. The first-order valence-corrected chi connectivity index (χ1v) is 8.12. The number of phenolic OH excluding ortho intramolecular Hbond substituents is 1. The number of benzene rings is 2. The number of nitrogens with zero attached hydrogens (tertiary/aromatic N) is 2. The van der Waals surface area contributed by atoms with Gasteiger partial charge in [0.15, 0.2) is 5.58 Å². The number of aromatic hydroxyl groups is 1. The molecule has 0 spiro atoms. The van der Waals surface area contributed by atoms with Crippen LogP contribution in [0.25, 0.3) is 11.1 Å². The molecule has 1 unspecified atom stereocenters. The minimum Gasteiger partial charge on any atom is -0.508 e. The first-order chi connectivity index (χ1) is 11.7. The van der Waals surface area contributed by atoms with Gasteiger partial charge in [0.05, 0.1) is 0 Å². The molecule has 0 saturated carbocycles. The third-order valence-corrected chi connectivity index (χ3v) is 4.48. The fraction of sp³-hybridized carbons (Fsp3) is 0.263. The molecule has 2 aromatic carbocycles. The van der Waals surface area contributed by atoms with E-state index in [0.717, 1.165) is 18.4 Å². The van der Waals surface area contributed by atoms with Crippen molar-refractivity contribution in [2.45, 2.75) is 12.8 Å². The lowest BCUT2D eigenvalue weighted by atomic mass is 9.99. The summed E-state index contributed by atoms with van der Waals surface area (Å²) < 4.78 is 5.58. The topological polar surface area (TPSA) is 66.6 Å². The van der Waals surface area contributed by atoms with Crippen molar-refractivity contribution in [1.29, 1.82) is 0 Å². The Bertz CT molecular complexity index is 854. The van der Waals surface area contributed by atoms with E-state index in [1.807, 2.05) is 36.4 Å². The molecule has 5 nitrogen and oxygen atoms in total. The molecule has 1 saturated heterocycles. The second kappa shape index (κ2) is 6.00. The number of para-hydroxylation sites is 2. The van der Waals surface area contributed by atoms with Gasteiger partial charge in [-0.05, 0) is 48.6 Å². The highest BCUT2D eigenvalue weighted by Gasteiger charge is 2.29. The Hall–Kier alpha value is -2.82. The molecule has 1 aliphatic rings. The van der Waals surface area contributed by atoms with Crippen LogP contribution >= 0.6 is 0 Å². The number of hydrogen-bond donors (Lipinski definition) is 1. The van der Waals surface area contributed by atoms with Gasteiger partial charge in [-0.25, -0.2) is 4.98 Å². The summed E-state index contributed by atoms with van der Waals surface area (Å²) in [4.78, 5) is 18.7. The van der Waals surface area contributed by atoms with Crippen LogP contribution in [0.5, 0.6) is 5.75 Å². The van der Waals surface area contributed by atoms with Crippen LogP contribution in [0.1, 0.15) is 22.7 Å². The Labute approximate surface area is 139 Å². The molecule has 0 aliphatic carbocycles. The predicted molar refractivity (Wildman–Crippen MR) is 89.8 cm³/mol. The average Bonchev–Trinajstić information content (AvgIpc) is 3.20. The van der Waals surface area contributed by atoms with Gasteiger partial charge in [-0.1, -0.05) is 24.3 Å². The molecule has 1 atom stereocenters. The predicted octanol–water partition coefficient (Wildman–Crippen LogP) is 3.24. The zero-order valence-corrected chi connectivity index (χ0v) is 13.2. The SMILES string of the molecule is O=C(c1nc2ccccc2o1)N1CCC(Cc2cccc(O)c2)C1. The van der Waals surface area contributed by atoms with Crippen molar-refractivity contribution in [2.24, 2.45) is 5.92 Å². The quantitative estimate of drug-likeness (QED) is 0.804. The van der Waals surface area contributed by atoms with E-state index in [0.29, 0.717) is 30.1 Å². The monoisotopic (exact) mass is 322 g/mol. The van der Waals surface area contributed by atoms with Crippen molar-refractivity contribution >= 4 is 17.0 Å². The highest BCUT2D eigenvalue weighted by molar-refractivity contribution is 5.92. The zero-order valence-electron chi connectivity index (χ0n) is 13.2. The normalized spacial score (nSPS) is 17.5. The van der Waals surface area contributed by atoms with Crippen molar-refractivity contribution in [2.75, 3.05) is 13.1 Å². The molecular weight excluding hydrogens is 304 g/mol. The van der Waals surface area contributed by atoms with Crippen LogP contribution in [-0.2, 0) is 6.42 Å². The summed E-state index contributed by atoms with van der Waals surface area (Å²) in [6.07, 6.45) is 1.80. The second-order valence-electron chi connectivity index (χ2n) is 6.27. The van der Waals surface area contributed by atoms with Crippen LogP contribution in [0.4, 0.5) is 0 Å². The minimum atomic E-state index is -0.149. The maximum atomic E-state index is 12.6. The number of phenols is 1. The molecule has 1 amide bonds. The van der Waals surface area contributed by atoms with Gasteiger partial charge in [0.1, 0.15) is 11.3 Å². The number of carbonyl (C=O) groups is 1. The third kappa shape index (κ3) is 2.85. The molecule has 0 radical (unpaired) electrons. The number of rotatable bonds is 3. The van der Waals surface area contributed by atoms with E-state index >= 15 is 0 Å². The van der Waals surface area contributed by atoms with Crippen LogP contribution in [0.15, 0.2) is 52.9 Å². The van der Waals surface area contributed by atoms with Gasteiger partial charge in [0.25, 0.3) is 5.89 Å². The van der Waals surface area contributed by atoms with E-state index in [2.05, 4.69) is 4.98 Å². The number of hydrogen-bond acceptors (Lipinski definition) is 4. The van der Waals surface area contributed by atoms with E-state index in [1.54, 1.807) is 17.0 Å². The van der Waals surface area contributed by atoms with Gasteiger partial charge < -0.3 is 14.4 Å². The Balaban J connectivity index is 1.45. The van der Waals surface area contributed by atoms with Crippen LogP contribution in [0.2, 0.25) is 0 Å². The maximum Gasteiger partial charge on any atom is 0.309 e. The van der Waals surface area contributed by atoms with Crippen molar-refractivity contribution in [1.82, 2.24) is 9.88 Å². The van der Waals surface area contributed by atoms with Crippen LogP contribution in [0.3, 0.4) is 0 Å². The largest absolute Gasteiger partial charge is 0.508 e. The highest BCUT2D eigenvalue weighted by Crippen LogP contribution is 2.24.